The van der Waals surface area contributed by atoms with Crippen molar-refractivity contribution in [2.45, 2.75) is 50.6 Å². The molecule has 8 nitrogen and oxygen atoms in total. The van der Waals surface area contributed by atoms with Crippen molar-refractivity contribution in [2.24, 2.45) is 0 Å². The van der Waals surface area contributed by atoms with Gasteiger partial charge in [-0.3, -0.25) is 14.4 Å². The maximum absolute atomic E-state index is 12.3. The number of rotatable bonds is 7. The van der Waals surface area contributed by atoms with Gasteiger partial charge in [0, 0.05) is 10.9 Å². The maximum atomic E-state index is 12.3. The Morgan fingerprint density at radius 3 is 2.93 bits per heavy atom. The molecule has 0 radical (unpaired) electrons. The molecule has 2 aromatic heterocycles. The van der Waals surface area contributed by atoms with Crippen molar-refractivity contribution >= 4 is 40.1 Å². The van der Waals surface area contributed by atoms with Crippen LogP contribution in [0.1, 0.15) is 55.3 Å². The van der Waals surface area contributed by atoms with Crippen molar-refractivity contribution in [1.82, 2.24) is 15.0 Å². The number of carbonyl (C=O) groups is 2. The monoisotopic (exact) mass is 422 g/mol. The van der Waals surface area contributed by atoms with E-state index in [2.05, 4.69) is 20.3 Å². The van der Waals surface area contributed by atoms with Gasteiger partial charge in [0.15, 0.2) is 10.3 Å². The van der Waals surface area contributed by atoms with Crippen LogP contribution in [0.3, 0.4) is 0 Å². The zero-order chi connectivity index (χ0) is 20.3. The summed E-state index contributed by atoms with van der Waals surface area (Å²) >= 11 is 2.55. The van der Waals surface area contributed by atoms with Crippen molar-refractivity contribution in [3.63, 3.8) is 0 Å². The molecule has 1 atom stereocenters. The van der Waals surface area contributed by atoms with E-state index < -0.39 is 0 Å². The summed E-state index contributed by atoms with van der Waals surface area (Å²) in [6.07, 6.45) is 1.45. The second kappa shape index (κ2) is 8.87. The van der Waals surface area contributed by atoms with Gasteiger partial charge in [0.1, 0.15) is 5.92 Å². The lowest BCUT2D eigenvalue weighted by atomic mass is 10.1. The van der Waals surface area contributed by atoms with E-state index >= 15 is 0 Å². The average Bonchev–Trinajstić information content (AvgIpc) is 3.19. The number of ether oxygens (including phenoxy) is 1. The van der Waals surface area contributed by atoms with E-state index in [1.165, 1.54) is 17.4 Å². The summed E-state index contributed by atoms with van der Waals surface area (Å²) in [7, 11) is 0. The molecule has 1 aliphatic rings. The normalized spacial score (nSPS) is 15.5. The molecule has 2 N–H and O–H groups in total. The largest absolute Gasteiger partial charge is 0.465 e. The van der Waals surface area contributed by atoms with E-state index in [9.17, 15) is 14.4 Å². The number of hydrogen-bond acceptors (Lipinski definition) is 8. The lowest BCUT2D eigenvalue weighted by molar-refractivity contribution is -0.145. The summed E-state index contributed by atoms with van der Waals surface area (Å²) in [4.78, 5) is 48.4. The number of aryl methyl sites for hydroxylation is 1. The number of nitrogens with zero attached hydrogens (tertiary/aromatic N) is 2. The van der Waals surface area contributed by atoms with E-state index in [1.54, 1.807) is 6.92 Å². The third-order valence-corrected chi connectivity index (χ3v) is 6.13. The molecule has 0 aromatic carbocycles. The van der Waals surface area contributed by atoms with Crippen LogP contribution in [-0.4, -0.2) is 39.2 Å². The molecule has 3 rings (SSSR count). The fraction of sp³-hybridized carbons (Fsp3) is 0.500. The Balaban J connectivity index is 1.60. The topological polar surface area (TPSA) is 114 Å². The van der Waals surface area contributed by atoms with Crippen LogP contribution in [0.15, 0.2) is 16.0 Å². The third-order valence-electron chi connectivity index (χ3n) is 4.21. The molecule has 0 aliphatic heterocycles. The number of H-pyrrole nitrogens is 1. The van der Waals surface area contributed by atoms with Gasteiger partial charge in [-0.25, -0.2) is 9.97 Å². The molecule has 2 heterocycles. The van der Waals surface area contributed by atoms with E-state index in [1.807, 2.05) is 13.8 Å². The minimum Gasteiger partial charge on any atom is -0.465 e. The Morgan fingerprint density at radius 1 is 1.43 bits per heavy atom. The van der Waals surface area contributed by atoms with E-state index in [-0.39, 0.29) is 35.0 Å². The van der Waals surface area contributed by atoms with Gasteiger partial charge < -0.3 is 15.0 Å². The highest BCUT2D eigenvalue weighted by molar-refractivity contribution is 7.99. The third kappa shape index (κ3) is 4.79. The van der Waals surface area contributed by atoms with E-state index in [0.29, 0.717) is 34.7 Å². The number of aromatic amines is 1. The average molecular weight is 423 g/mol. The van der Waals surface area contributed by atoms with E-state index in [0.717, 1.165) is 23.1 Å². The first-order chi connectivity index (χ1) is 13.4. The first kappa shape index (κ1) is 20.5. The summed E-state index contributed by atoms with van der Waals surface area (Å²) in [5.74, 6) is -0.640. The molecule has 150 valence electrons. The Morgan fingerprint density at radius 2 is 2.21 bits per heavy atom. The Bertz CT molecular complexity index is 938. The summed E-state index contributed by atoms with van der Waals surface area (Å²) < 4.78 is 5.10. The number of fused-ring (bicyclic) bond motifs is 1. The highest BCUT2D eigenvalue weighted by Gasteiger charge is 2.33. The standard InChI is InChI=1S/C18H22N4O4S2/c1-4-26-16(25)10-5-6-12-15(10)22-18(28-12)21-14(24)8-27-17-19-11(9(2)3)7-13(23)20-17/h7,9-10H,4-6,8H2,1-3H3,(H,19,20,23)(H,21,22,24). The van der Waals surface area contributed by atoms with Gasteiger partial charge >= 0.3 is 5.97 Å². The number of aromatic nitrogens is 3. The fourth-order valence-corrected chi connectivity index (χ4v) is 4.60. The second-order valence-electron chi connectivity index (χ2n) is 6.64. The van der Waals surface area contributed by atoms with Crippen molar-refractivity contribution < 1.29 is 14.3 Å². The molecule has 28 heavy (non-hydrogen) atoms. The fourth-order valence-electron chi connectivity index (χ4n) is 2.86. The molecule has 0 saturated heterocycles. The number of anilines is 1. The second-order valence-corrected chi connectivity index (χ2v) is 8.69. The SMILES string of the molecule is CCOC(=O)C1CCc2sc(NC(=O)CSc3nc(C(C)C)cc(=O)[nH]3)nc21. The summed E-state index contributed by atoms with van der Waals surface area (Å²) in [6, 6.07) is 1.46. The molecule has 0 bridgehead atoms. The van der Waals surface area contributed by atoms with Crippen molar-refractivity contribution in [3.05, 3.63) is 32.7 Å². The van der Waals surface area contributed by atoms with Gasteiger partial charge in [-0.1, -0.05) is 25.6 Å². The highest BCUT2D eigenvalue weighted by atomic mass is 32.2. The Labute approximate surface area is 170 Å². The van der Waals surface area contributed by atoms with Gasteiger partial charge in [0.2, 0.25) is 5.91 Å². The lowest BCUT2D eigenvalue weighted by Gasteiger charge is -2.08. The predicted molar refractivity (Wildman–Crippen MR) is 108 cm³/mol. The number of amides is 1. The van der Waals surface area contributed by atoms with Gasteiger partial charge in [0.25, 0.3) is 5.56 Å². The van der Waals surface area contributed by atoms with Crippen molar-refractivity contribution in [3.8, 4) is 0 Å². The van der Waals surface area contributed by atoms with Crippen LogP contribution in [-0.2, 0) is 20.7 Å². The number of carbonyl (C=O) groups excluding carboxylic acids is 2. The van der Waals surface area contributed by atoms with Crippen molar-refractivity contribution in [2.75, 3.05) is 17.7 Å². The van der Waals surface area contributed by atoms with E-state index in [4.69, 9.17) is 4.74 Å². The van der Waals surface area contributed by atoms with Gasteiger partial charge in [-0.2, -0.15) is 0 Å². The molecule has 2 aromatic rings. The van der Waals surface area contributed by atoms with Gasteiger partial charge in [0.05, 0.1) is 23.7 Å². The first-order valence-electron chi connectivity index (χ1n) is 9.07. The molecular weight excluding hydrogens is 400 g/mol. The van der Waals surface area contributed by atoms with Crippen LogP contribution in [0.25, 0.3) is 0 Å². The van der Waals surface area contributed by atoms with Crippen LogP contribution in [0, 0.1) is 0 Å². The first-order valence-corrected chi connectivity index (χ1v) is 10.9. The summed E-state index contributed by atoms with van der Waals surface area (Å²) in [5.41, 5.74) is 1.16. The van der Waals surface area contributed by atoms with Gasteiger partial charge in [-0.15, -0.1) is 11.3 Å². The lowest BCUT2D eigenvalue weighted by Crippen LogP contribution is -2.17. The number of esters is 1. The summed E-state index contributed by atoms with van der Waals surface area (Å²) in [5, 5.41) is 3.65. The van der Waals surface area contributed by atoms with Crippen LogP contribution in [0.2, 0.25) is 0 Å². The highest BCUT2D eigenvalue weighted by Crippen LogP contribution is 2.39. The van der Waals surface area contributed by atoms with Crippen LogP contribution >= 0.6 is 23.1 Å². The van der Waals surface area contributed by atoms with Crippen molar-refractivity contribution in [1.29, 1.82) is 0 Å². The van der Waals surface area contributed by atoms with Crippen LogP contribution < -0.4 is 10.9 Å². The molecule has 1 amide bonds. The Hall–Kier alpha value is -2.20. The Kier molecular flexibility index (Phi) is 6.50. The molecule has 10 heteroatoms. The zero-order valence-corrected chi connectivity index (χ0v) is 17.5. The molecular formula is C18H22N4O4S2. The molecule has 0 saturated carbocycles. The quantitative estimate of drug-likeness (QED) is 0.400. The van der Waals surface area contributed by atoms with Crippen LogP contribution in [0.5, 0.6) is 0 Å². The van der Waals surface area contributed by atoms with Gasteiger partial charge in [-0.05, 0) is 25.7 Å². The number of hydrogen-bond donors (Lipinski definition) is 2. The number of nitrogens with one attached hydrogen (secondary N) is 2. The predicted octanol–water partition coefficient (Wildman–Crippen LogP) is 2.67. The zero-order valence-electron chi connectivity index (χ0n) is 15.9. The minimum absolute atomic E-state index is 0.0933. The minimum atomic E-state index is -0.348. The molecule has 1 unspecified atom stereocenters. The molecule has 1 aliphatic carbocycles. The summed E-state index contributed by atoms with van der Waals surface area (Å²) in [6.45, 7) is 6.02. The molecule has 0 spiro atoms. The number of thioether (sulfide) groups is 1. The number of thiazole rings is 1. The molecule has 0 fully saturated rings. The smallest absolute Gasteiger partial charge is 0.315 e. The van der Waals surface area contributed by atoms with Crippen LogP contribution in [0.4, 0.5) is 5.13 Å². The maximum Gasteiger partial charge on any atom is 0.315 e.